The smallest absolute Gasteiger partial charge is 0.326 e. The number of nitrogens with zero attached hydrogens (tertiary/aromatic N) is 1. The maximum atomic E-state index is 13.3. The topological polar surface area (TPSA) is 79.3 Å². The van der Waals surface area contributed by atoms with Crippen LogP contribution in [0, 0.1) is 11.9 Å². The van der Waals surface area contributed by atoms with Crippen LogP contribution in [-0.2, 0) is 4.79 Å². The molecule has 1 unspecified atom stereocenters. The van der Waals surface area contributed by atoms with Gasteiger partial charge in [-0.1, -0.05) is 20.3 Å². The van der Waals surface area contributed by atoms with E-state index in [-0.39, 0.29) is 11.5 Å². The summed E-state index contributed by atoms with van der Waals surface area (Å²) in [5.41, 5.74) is -0.257. The fraction of sp³-hybridized carbons (Fsp3) is 0.417. The van der Waals surface area contributed by atoms with Crippen LogP contribution in [0.25, 0.3) is 0 Å². The summed E-state index contributed by atoms with van der Waals surface area (Å²) in [5, 5.41) is 11.3. The van der Waals surface area contributed by atoms with Crippen molar-refractivity contribution in [1.82, 2.24) is 10.3 Å². The van der Waals surface area contributed by atoms with Gasteiger partial charge in [0.25, 0.3) is 5.91 Å². The van der Waals surface area contributed by atoms with Crippen molar-refractivity contribution in [3.05, 3.63) is 29.8 Å². The third-order valence-electron chi connectivity index (χ3n) is 2.77. The van der Waals surface area contributed by atoms with Crippen LogP contribution < -0.4 is 5.32 Å². The van der Waals surface area contributed by atoms with Crippen molar-refractivity contribution < 1.29 is 19.1 Å². The summed E-state index contributed by atoms with van der Waals surface area (Å²) in [6, 6.07) is 1.63. The van der Waals surface area contributed by atoms with E-state index < -0.39 is 23.9 Å². The first-order valence-electron chi connectivity index (χ1n) is 5.61. The van der Waals surface area contributed by atoms with Crippen LogP contribution in [0.15, 0.2) is 18.3 Å². The molecule has 2 atom stereocenters. The number of aliphatic carboxylic acids is 1. The number of hydrogen-bond acceptors (Lipinski definition) is 3. The Hall–Kier alpha value is -1.98. The molecule has 6 heteroatoms. The second-order valence-electron chi connectivity index (χ2n) is 4.02. The van der Waals surface area contributed by atoms with Crippen molar-refractivity contribution in [2.75, 3.05) is 0 Å². The molecule has 0 fully saturated rings. The Morgan fingerprint density at radius 3 is 2.72 bits per heavy atom. The first kappa shape index (κ1) is 14.1. The number of aromatic nitrogens is 1. The number of halogens is 1. The van der Waals surface area contributed by atoms with E-state index in [4.69, 9.17) is 5.11 Å². The van der Waals surface area contributed by atoms with Crippen molar-refractivity contribution in [2.24, 2.45) is 5.92 Å². The van der Waals surface area contributed by atoms with Crippen LogP contribution in [-0.4, -0.2) is 28.0 Å². The quantitative estimate of drug-likeness (QED) is 0.779. The number of nitrogens with one attached hydrogen (secondary N) is 1. The first-order valence-corrected chi connectivity index (χ1v) is 5.61. The van der Waals surface area contributed by atoms with Crippen LogP contribution in [0.1, 0.15) is 30.6 Å². The molecule has 0 bridgehead atoms. The molecule has 0 aliphatic rings. The van der Waals surface area contributed by atoms with Gasteiger partial charge in [0.1, 0.15) is 6.04 Å². The van der Waals surface area contributed by atoms with Crippen LogP contribution in [0.3, 0.4) is 0 Å². The molecule has 0 aliphatic carbocycles. The minimum Gasteiger partial charge on any atom is -0.480 e. The lowest BCUT2D eigenvalue weighted by atomic mass is 9.99. The van der Waals surface area contributed by atoms with Crippen LogP contribution in [0.2, 0.25) is 0 Å². The first-order chi connectivity index (χ1) is 8.47. The van der Waals surface area contributed by atoms with Crippen molar-refractivity contribution in [3.8, 4) is 0 Å². The summed E-state index contributed by atoms with van der Waals surface area (Å²) >= 11 is 0. The van der Waals surface area contributed by atoms with Gasteiger partial charge in [-0.15, -0.1) is 0 Å². The molecule has 0 spiro atoms. The summed E-state index contributed by atoms with van der Waals surface area (Å²) in [7, 11) is 0. The van der Waals surface area contributed by atoms with E-state index in [1.165, 1.54) is 18.3 Å². The molecule has 1 aromatic rings. The van der Waals surface area contributed by atoms with Gasteiger partial charge in [-0.3, -0.25) is 4.79 Å². The second-order valence-corrected chi connectivity index (χ2v) is 4.02. The van der Waals surface area contributed by atoms with Gasteiger partial charge < -0.3 is 10.4 Å². The molecule has 1 heterocycles. The van der Waals surface area contributed by atoms with E-state index >= 15 is 0 Å². The number of hydrogen-bond donors (Lipinski definition) is 2. The number of carboxylic acid groups (broad SMARTS) is 1. The predicted octanol–water partition coefficient (Wildman–Crippen LogP) is 1.45. The maximum Gasteiger partial charge on any atom is 0.326 e. The highest BCUT2D eigenvalue weighted by Crippen LogP contribution is 2.10. The lowest BCUT2D eigenvalue weighted by molar-refractivity contribution is -0.140. The summed E-state index contributed by atoms with van der Waals surface area (Å²) < 4.78 is 13.3. The number of rotatable bonds is 5. The summed E-state index contributed by atoms with van der Waals surface area (Å²) in [4.78, 5) is 26.1. The monoisotopic (exact) mass is 254 g/mol. The normalized spacial score (nSPS) is 13.7. The number of carbonyl (C=O) groups is 2. The van der Waals surface area contributed by atoms with E-state index in [9.17, 15) is 14.0 Å². The highest BCUT2D eigenvalue weighted by Gasteiger charge is 2.26. The Kier molecular flexibility index (Phi) is 4.76. The Labute approximate surface area is 104 Å². The average molecular weight is 254 g/mol. The third kappa shape index (κ3) is 3.26. The zero-order valence-corrected chi connectivity index (χ0v) is 10.2. The highest BCUT2D eigenvalue weighted by atomic mass is 19.1. The standard InChI is InChI=1S/C12H15FN2O3/c1-3-7(2)9(12(17)18)15-11(16)8-5-4-6-14-10(8)13/h4-7,9H,3H2,1-2H3,(H,15,16)(H,17,18)/t7?,9-/m0/s1. The van der Waals surface area contributed by atoms with Crippen molar-refractivity contribution >= 4 is 11.9 Å². The van der Waals surface area contributed by atoms with Gasteiger partial charge in [-0.25, -0.2) is 9.78 Å². The van der Waals surface area contributed by atoms with E-state index in [0.717, 1.165) is 0 Å². The highest BCUT2D eigenvalue weighted by molar-refractivity contribution is 5.96. The Balaban J connectivity index is 2.86. The molecule has 1 aromatic heterocycles. The number of carbonyl (C=O) groups excluding carboxylic acids is 1. The van der Waals surface area contributed by atoms with E-state index in [1.807, 2.05) is 6.92 Å². The minimum absolute atomic E-state index is 0.244. The maximum absolute atomic E-state index is 13.3. The average Bonchev–Trinajstić information content (AvgIpc) is 2.35. The molecule has 2 N–H and O–H groups in total. The van der Waals surface area contributed by atoms with Gasteiger partial charge in [-0.2, -0.15) is 4.39 Å². The predicted molar refractivity (Wildman–Crippen MR) is 62.5 cm³/mol. The molecule has 0 radical (unpaired) electrons. The molecule has 18 heavy (non-hydrogen) atoms. The van der Waals surface area contributed by atoms with Gasteiger partial charge in [0.2, 0.25) is 5.95 Å². The Morgan fingerprint density at radius 2 is 2.22 bits per heavy atom. The van der Waals surface area contributed by atoms with Gasteiger partial charge in [-0.05, 0) is 18.1 Å². The Bertz CT molecular complexity index is 451. The van der Waals surface area contributed by atoms with E-state index in [0.29, 0.717) is 6.42 Å². The molecule has 0 aliphatic heterocycles. The molecule has 98 valence electrons. The summed E-state index contributed by atoms with van der Waals surface area (Å²) in [6.45, 7) is 3.52. The fourth-order valence-corrected chi connectivity index (χ4v) is 1.46. The summed E-state index contributed by atoms with van der Waals surface area (Å²) in [6.07, 6.45) is 1.81. The second kappa shape index (κ2) is 6.09. The SMILES string of the molecule is CCC(C)[C@H](NC(=O)c1cccnc1F)C(=O)O. The molecule has 1 amide bonds. The fourth-order valence-electron chi connectivity index (χ4n) is 1.46. The van der Waals surface area contributed by atoms with E-state index in [2.05, 4.69) is 10.3 Å². The molecule has 5 nitrogen and oxygen atoms in total. The lowest BCUT2D eigenvalue weighted by Crippen LogP contribution is -2.45. The third-order valence-corrected chi connectivity index (χ3v) is 2.77. The van der Waals surface area contributed by atoms with Gasteiger partial charge in [0.05, 0.1) is 5.56 Å². The molecular formula is C12H15FN2O3. The zero-order valence-electron chi connectivity index (χ0n) is 10.2. The van der Waals surface area contributed by atoms with Crippen LogP contribution in [0.5, 0.6) is 0 Å². The van der Waals surface area contributed by atoms with E-state index in [1.54, 1.807) is 6.92 Å². The van der Waals surface area contributed by atoms with Crippen LogP contribution >= 0.6 is 0 Å². The van der Waals surface area contributed by atoms with Crippen molar-refractivity contribution in [2.45, 2.75) is 26.3 Å². The number of amides is 1. The largest absolute Gasteiger partial charge is 0.480 e. The summed E-state index contributed by atoms with van der Waals surface area (Å²) in [5.74, 6) is -3.07. The van der Waals surface area contributed by atoms with Crippen molar-refractivity contribution in [3.63, 3.8) is 0 Å². The minimum atomic E-state index is -1.14. The van der Waals surface area contributed by atoms with Crippen LogP contribution in [0.4, 0.5) is 4.39 Å². The molecule has 1 rings (SSSR count). The van der Waals surface area contributed by atoms with Gasteiger partial charge in [0.15, 0.2) is 0 Å². The molecule has 0 saturated heterocycles. The lowest BCUT2D eigenvalue weighted by Gasteiger charge is -2.20. The zero-order chi connectivity index (χ0) is 13.7. The Morgan fingerprint density at radius 1 is 1.56 bits per heavy atom. The molecule has 0 aromatic carbocycles. The molecule has 0 saturated carbocycles. The molecular weight excluding hydrogens is 239 g/mol. The number of carboxylic acids is 1. The van der Waals surface area contributed by atoms with Crippen molar-refractivity contribution in [1.29, 1.82) is 0 Å². The van der Waals surface area contributed by atoms with Gasteiger partial charge in [0, 0.05) is 6.20 Å². The van der Waals surface area contributed by atoms with Gasteiger partial charge >= 0.3 is 5.97 Å². The number of pyridine rings is 1.